The Labute approximate surface area is 91.8 Å². The van der Waals surface area contributed by atoms with Crippen LogP contribution in [-0.2, 0) is 9.53 Å². The largest absolute Gasteiger partial charge is 0.377 e. The molecule has 0 radical (unpaired) electrons. The number of nitrogens with one attached hydrogen (secondary N) is 2. The molecule has 1 saturated heterocycles. The van der Waals surface area contributed by atoms with Crippen molar-refractivity contribution < 1.29 is 9.53 Å². The molecule has 0 saturated carbocycles. The molecule has 1 rings (SSSR count). The van der Waals surface area contributed by atoms with Crippen LogP contribution in [0.3, 0.4) is 0 Å². The molecule has 15 heavy (non-hydrogen) atoms. The van der Waals surface area contributed by atoms with Crippen molar-refractivity contribution in [3.8, 4) is 0 Å². The highest BCUT2D eigenvalue weighted by Crippen LogP contribution is 2.10. The molecule has 4 nitrogen and oxygen atoms in total. The summed E-state index contributed by atoms with van der Waals surface area (Å²) in [5.74, 6) is 0.136. The van der Waals surface area contributed by atoms with Gasteiger partial charge in [-0.2, -0.15) is 0 Å². The van der Waals surface area contributed by atoms with Crippen molar-refractivity contribution in [2.75, 3.05) is 26.2 Å². The SMILES string of the molecule is CCCNC(=O)CCNCC1CCCO1. The first-order chi connectivity index (χ1) is 7.33. The zero-order valence-electron chi connectivity index (χ0n) is 9.55. The van der Waals surface area contributed by atoms with Crippen LogP contribution < -0.4 is 10.6 Å². The number of ether oxygens (including phenoxy) is 1. The molecule has 0 aliphatic carbocycles. The molecule has 1 heterocycles. The maximum Gasteiger partial charge on any atom is 0.221 e. The fraction of sp³-hybridized carbons (Fsp3) is 0.909. The van der Waals surface area contributed by atoms with E-state index in [1.807, 2.05) is 0 Å². The summed E-state index contributed by atoms with van der Waals surface area (Å²) in [4.78, 5) is 11.2. The third kappa shape index (κ3) is 5.74. The van der Waals surface area contributed by atoms with Crippen LogP contribution in [-0.4, -0.2) is 38.3 Å². The summed E-state index contributed by atoms with van der Waals surface area (Å²) < 4.78 is 5.46. The monoisotopic (exact) mass is 214 g/mol. The maximum atomic E-state index is 11.2. The number of carbonyl (C=O) groups excluding carboxylic acids is 1. The second-order valence-electron chi connectivity index (χ2n) is 3.94. The zero-order valence-corrected chi connectivity index (χ0v) is 9.55. The Hall–Kier alpha value is -0.610. The Morgan fingerprint density at radius 2 is 2.33 bits per heavy atom. The van der Waals surface area contributed by atoms with Gasteiger partial charge in [0.1, 0.15) is 0 Å². The number of amides is 1. The Balaban J connectivity index is 1.89. The van der Waals surface area contributed by atoms with Gasteiger partial charge in [0.05, 0.1) is 6.10 Å². The predicted molar refractivity (Wildman–Crippen MR) is 59.8 cm³/mol. The van der Waals surface area contributed by atoms with Gasteiger partial charge in [-0.05, 0) is 19.3 Å². The van der Waals surface area contributed by atoms with Gasteiger partial charge in [-0.25, -0.2) is 0 Å². The Morgan fingerprint density at radius 1 is 1.47 bits per heavy atom. The van der Waals surface area contributed by atoms with Gasteiger partial charge in [-0.3, -0.25) is 4.79 Å². The van der Waals surface area contributed by atoms with E-state index < -0.39 is 0 Å². The summed E-state index contributed by atoms with van der Waals surface area (Å²) in [5, 5.41) is 6.10. The van der Waals surface area contributed by atoms with Crippen LogP contribution in [0.4, 0.5) is 0 Å². The van der Waals surface area contributed by atoms with Crippen LogP contribution in [0.1, 0.15) is 32.6 Å². The summed E-state index contributed by atoms with van der Waals surface area (Å²) in [5.41, 5.74) is 0. The normalized spacial score (nSPS) is 20.5. The van der Waals surface area contributed by atoms with Crippen LogP contribution in [0.25, 0.3) is 0 Å². The third-order valence-electron chi connectivity index (χ3n) is 2.50. The molecule has 0 aromatic rings. The Bertz CT molecular complexity index is 179. The van der Waals surface area contributed by atoms with Crippen molar-refractivity contribution in [1.82, 2.24) is 10.6 Å². The molecule has 4 heteroatoms. The van der Waals surface area contributed by atoms with E-state index in [9.17, 15) is 4.79 Å². The highest BCUT2D eigenvalue weighted by molar-refractivity contribution is 5.75. The Morgan fingerprint density at radius 3 is 3.00 bits per heavy atom. The fourth-order valence-corrected chi connectivity index (χ4v) is 1.62. The molecule has 0 spiro atoms. The summed E-state index contributed by atoms with van der Waals surface area (Å²) in [6.45, 7) is 5.35. The maximum absolute atomic E-state index is 11.2. The second kappa shape index (κ2) is 7.65. The second-order valence-corrected chi connectivity index (χ2v) is 3.94. The summed E-state index contributed by atoms with van der Waals surface area (Å²) in [6.07, 6.45) is 4.24. The molecular formula is C11H22N2O2. The summed E-state index contributed by atoms with van der Waals surface area (Å²) in [7, 11) is 0. The molecule has 1 fully saturated rings. The molecule has 1 aliphatic heterocycles. The van der Waals surface area contributed by atoms with Crippen molar-refractivity contribution in [3.63, 3.8) is 0 Å². The van der Waals surface area contributed by atoms with Crippen LogP contribution >= 0.6 is 0 Å². The van der Waals surface area contributed by atoms with Gasteiger partial charge in [-0.1, -0.05) is 6.92 Å². The third-order valence-corrected chi connectivity index (χ3v) is 2.50. The molecule has 0 aromatic carbocycles. The first-order valence-electron chi connectivity index (χ1n) is 5.92. The predicted octanol–water partition coefficient (Wildman–Crippen LogP) is 0.671. The molecule has 0 bridgehead atoms. The van der Waals surface area contributed by atoms with Gasteiger partial charge in [0.15, 0.2) is 0 Å². The lowest BCUT2D eigenvalue weighted by molar-refractivity contribution is -0.121. The van der Waals surface area contributed by atoms with Crippen molar-refractivity contribution in [3.05, 3.63) is 0 Å². The van der Waals surface area contributed by atoms with Crippen molar-refractivity contribution in [1.29, 1.82) is 0 Å². The Kier molecular flexibility index (Phi) is 6.36. The molecule has 1 unspecified atom stereocenters. The lowest BCUT2D eigenvalue weighted by Gasteiger charge is -2.10. The van der Waals surface area contributed by atoms with Crippen molar-refractivity contribution in [2.24, 2.45) is 0 Å². The van der Waals surface area contributed by atoms with E-state index in [0.717, 1.165) is 39.1 Å². The minimum atomic E-state index is 0.136. The van der Waals surface area contributed by atoms with Gasteiger partial charge in [0.2, 0.25) is 5.91 Å². The first-order valence-corrected chi connectivity index (χ1v) is 5.92. The van der Waals surface area contributed by atoms with E-state index in [1.165, 1.54) is 6.42 Å². The lowest BCUT2D eigenvalue weighted by atomic mass is 10.2. The van der Waals surface area contributed by atoms with E-state index >= 15 is 0 Å². The van der Waals surface area contributed by atoms with E-state index in [-0.39, 0.29) is 5.91 Å². The van der Waals surface area contributed by atoms with Crippen molar-refractivity contribution >= 4 is 5.91 Å². The van der Waals surface area contributed by atoms with Gasteiger partial charge < -0.3 is 15.4 Å². The number of carbonyl (C=O) groups is 1. The van der Waals surface area contributed by atoms with E-state index in [0.29, 0.717) is 12.5 Å². The molecule has 88 valence electrons. The smallest absolute Gasteiger partial charge is 0.221 e. The highest BCUT2D eigenvalue weighted by atomic mass is 16.5. The minimum Gasteiger partial charge on any atom is -0.377 e. The minimum absolute atomic E-state index is 0.136. The van der Waals surface area contributed by atoms with Gasteiger partial charge in [-0.15, -0.1) is 0 Å². The van der Waals surface area contributed by atoms with Gasteiger partial charge in [0, 0.05) is 32.7 Å². The molecule has 1 aliphatic rings. The number of hydrogen-bond donors (Lipinski definition) is 2. The van der Waals surface area contributed by atoms with Crippen LogP contribution in [0.15, 0.2) is 0 Å². The van der Waals surface area contributed by atoms with E-state index in [4.69, 9.17) is 4.74 Å². The average Bonchev–Trinajstić information content (AvgIpc) is 2.74. The first kappa shape index (κ1) is 12.5. The van der Waals surface area contributed by atoms with E-state index in [2.05, 4.69) is 17.6 Å². The molecular weight excluding hydrogens is 192 g/mol. The topological polar surface area (TPSA) is 50.4 Å². The van der Waals surface area contributed by atoms with Crippen LogP contribution in [0, 0.1) is 0 Å². The van der Waals surface area contributed by atoms with Gasteiger partial charge in [0.25, 0.3) is 0 Å². The molecule has 1 amide bonds. The van der Waals surface area contributed by atoms with Crippen LogP contribution in [0.5, 0.6) is 0 Å². The molecule has 0 aromatic heterocycles. The summed E-state index contributed by atoms with van der Waals surface area (Å²) >= 11 is 0. The number of rotatable bonds is 7. The van der Waals surface area contributed by atoms with E-state index in [1.54, 1.807) is 0 Å². The standard InChI is InChI=1S/C11H22N2O2/c1-2-6-13-11(14)5-7-12-9-10-4-3-8-15-10/h10,12H,2-9H2,1H3,(H,13,14). The zero-order chi connectivity index (χ0) is 10.9. The summed E-state index contributed by atoms with van der Waals surface area (Å²) in [6, 6.07) is 0. The van der Waals surface area contributed by atoms with Crippen molar-refractivity contribution in [2.45, 2.75) is 38.7 Å². The average molecular weight is 214 g/mol. The number of hydrogen-bond acceptors (Lipinski definition) is 3. The van der Waals surface area contributed by atoms with Crippen LogP contribution in [0.2, 0.25) is 0 Å². The quantitative estimate of drug-likeness (QED) is 0.612. The van der Waals surface area contributed by atoms with Gasteiger partial charge >= 0.3 is 0 Å². The molecule has 2 N–H and O–H groups in total. The molecule has 1 atom stereocenters. The highest BCUT2D eigenvalue weighted by Gasteiger charge is 2.14. The fourth-order valence-electron chi connectivity index (χ4n) is 1.62. The lowest BCUT2D eigenvalue weighted by Crippen LogP contribution is -2.31.